The van der Waals surface area contributed by atoms with Crippen LogP contribution in [0.2, 0.25) is 5.02 Å². The summed E-state index contributed by atoms with van der Waals surface area (Å²) < 4.78 is 5.20. The Labute approximate surface area is 137 Å². The largest absolute Gasteiger partial charge is 0.461 e. The Morgan fingerprint density at radius 2 is 2.17 bits per heavy atom. The van der Waals surface area contributed by atoms with E-state index in [4.69, 9.17) is 16.3 Å². The summed E-state index contributed by atoms with van der Waals surface area (Å²) in [7, 11) is 0. The van der Waals surface area contributed by atoms with E-state index in [-0.39, 0.29) is 29.6 Å². The molecule has 8 heteroatoms. The molecular formula is C15H15ClN2O5. The fraction of sp³-hybridized carbons (Fsp3) is 0.467. The van der Waals surface area contributed by atoms with Gasteiger partial charge in [-0.25, -0.2) is 0 Å². The van der Waals surface area contributed by atoms with Gasteiger partial charge in [-0.3, -0.25) is 19.7 Å². The molecule has 122 valence electrons. The highest BCUT2D eigenvalue weighted by molar-refractivity contribution is 6.32. The highest BCUT2D eigenvalue weighted by atomic mass is 35.5. The average molecular weight is 339 g/mol. The zero-order chi connectivity index (χ0) is 16.6. The van der Waals surface area contributed by atoms with Gasteiger partial charge in [-0.15, -0.1) is 0 Å². The van der Waals surface area contributed by atoms with Crippen molar-refractivity contribution >= 4 is 29.2 Å². The molecule has 23 heavy (non-hydrogen) atoms. The van der Waals surface area contributed by atoms with E-state index >= 15 is 0 Å². The minimum atomic E-state index is -0.587. The molecule has 1 aliphatic carbocycles. The number of amides is 1. The van der Waals surface area contributed by atoms with Crippen molar-refractivity contribution in [2.24, 2.45) is 5.92 Å². The molecule has 1 aromatic rings. The van der Waals surface area contributed by atoms with Crippen LogP contribution >= 0.6 is 11.6 Å². The first-order chi connectivity index (χ1) is 11.0. The maximum Gasteiger partial charge on any atom is 0.311 e. The van der Waals surface area contributed by atoms with Crippen molar-refractivity contribution in [3.05, 3.63) is 38.9 Å². The third kappa shape index (κ3) is 3.44. The van der Waals surface area contributed by atoms with Gasteiger partial charge in [-0.2, -0.15) is 0 Å². The van der Waals surface area contributed by atoms with Gasteiger partial charge in [0.1, 0.15) is 11.6 Å². The molecule has 1 saturated heterocycles. The molecule has 1 saturated carbocycles. The number of carbonyl (C=O) groups excluding carboxylic acids is 2. The van der Waals surface area contributed by atoms with Gasteiger partial charge in [0.05, 0.1) is 10.8 Å². The molecule has 0 unspecified atom stereocenters. The van der Waals surface area contributed by atoms with Crippen molar-refractivity contribution in [3.8, 4) is 0 Å². The third-order valence-electron chi connectivity index (χ3n) is 4.07. The van der Waals surface area contributed by atoms with Crippen molar-refractivity contribution in [3.63, 3.8) is 0 Å². The molecular weight excluding hydrogens is 324 g/mol. The van der Waals surface area contributed by atoms with Crippen LogP contribution in [0.3, 0.4) is 0 Å². The number of hydrogen-bond acceptors (Lipinski definition) is 5. The molecule has 1 aliphatic heterocycles. The topological polar surface area (TPSA) is 89.7 Å². The number of carbonyl (C=O) groups is 2. The minimum Gasteiger partial charge on any atom is -0.461 e. The molecule has 0 aromatic heterocycles. The van der Waals surface area contributed by atoms with Crippen molar-refractivity contribution in [2.75, 3.05) is 6.54 Å². The van der Waals surface area contributed by atoms with Gasteiger partial charge in [0.2, 0.25) is 5.91 Å². The second-order valence-electron chi connectivity index (χ2n) is 5.83. The number of rotatable bonds is 5. The second kappa shape index (κ2) is 6.16. The average Bonchev–Trinajstić information content (AvgIpc) is 3.28. The van der Waals surface area contributed by atoms with Gasteiger partial charge in [-0.05, 0) is 24.5 Å². The number of nitro groups is 1. The SMILES string of the molecule is O=C(OCc1ccc(Cl)c([N+](=O)[O-])c1)[C@@H]1CC(=O)N(C2CC2)C1. The molecule has 1 aromatic carbocycles. The summed E-state index contributed by atoms with van der Waals surface area (Å²) in [5.74, 6) is -0.902. The number of halogens is 1. The van der Waals surface area contributed by atoms with E-state index in [0.29, 0.717) is 18.2 Å². The summed E-state index contributed by atoms with van der Waals surface area (Å²) in [5.41, 5.74) is 0.258. The summed E-state index contributed by atoms with van der Waals surface area (Å²) >= 11 is 5.73. The standard InChI is InChI=1S/C15H15ClN2O5/c16-12-4-1-9(5-13(12)18(21)22)8-23-15(20)10-6-14(19)17(7-10)11-2-3-11/h1,4-5,10-11H,2-3,6-8H2/t10-/m1/s1. The smallest absolute Gasteiger partial charge is 0.311 e. The minimum absolute atomic E-state index is 0.00317. The lowest BCUT2D eigenvalue weighted by Gasteiger charge is -2.15. The van der Waals surface area contributed by atoms with Crippen LogP contribution in [0, 0.1) is 16.0 Å². The lowest BCUT2D eigenvalue weighted by atomic mass is 10.1. The van der Waals surface area contributed by atoms with Crippen molar-refractivity contribution in [1.29, 1.82) is 0 Å². The molecule has 2 aliphatic rings. The van der Waals surface area contributed by atoms with Gasteiger partial charge in [-0.1, -0.05) is 17.7 Å². The summed E-state index contributed by atoms with van der Waals surface area (Å²) in [6, 6.07) is 4.54. The molecule has 0 radical (unpaired) electrons. The summed E-state index contributed by atoms with van der Waals surface area (Å²) in [5, 5.41) is 10.9. The first kappa shape index (κ1) is 15.7. The van der Waals surface area contributed by atoms with Gasteiger partial charge in [0.15, 0.2) is 0 Å². The molecule has 3 rings (SSSR count). The Bertz CT molecular complexity index is 674. The van der Waals surface area contributed by atoms with Crippen molar-refractivity contribution < 1.29 is 19.2 Å². The quantitative estimate of drug-likeness (QED) is 0.467. The summed E-state index contributed by atoms with van der Waals surface area (Å²) in [6.45, 7) is 0.327. The Morgan fingerprint density at radius 1 is 1.43 bits per heavy atom. The van der Waals surface area contributed by atoms with Crippen LogP contribution in [0.1, 0.15) is 24.8 Å². The van der Waals surface area contributed by atoms with Crippen LogP contribution in [0.15, 0.2) is 18.2 Å². The number of esters is 1. The summed E-state index contributed by atoms with van der Waals surface area (Å²) in [4.78, 5) is 35.9. The second-order valence-corrected chi connectivity index (χ2v) is 6.24. The van der Waals surface area contributed by atoms with E-state index in [1.54, 1.807) is 11.0 Å². The number of ether oxygens (including phenoxy) is 1. The Hall–Kier alpha value is -2.15. The third-order valence-corrected chi connectivity index (χ3v) is 4.39. The molecule has 1 heterocycles. The van der Waals surface area contributed by atoms with Crippen LogP contribution in [0.4, 0.5) is 5.69 Å². The van der Waals surface area contributed by atoms with Gasteiger partial charge >= 0.3 is 5.97 Å². The van der Waals surface area contributed by atoms with Crippen LogP contribution in [0.25, 0.3) is 0 Å². The Kier molecular flexibility index (Phi) is 4.21. The number of benzene rings is 1. The summed E-state index contributed by atoms with van der Waals surface area (Å²) in [6.07, 6.45) is 2.18. The normalized spacial score (nSPS) is 20.7. The molecule has 7 nitrogen and oxygen atoms in total. The predicted molar refractivity (Wildman–Crippen MR) is 80.7 cm³/mol. The lowest BCUT2D eigenvalue weighted by Crippen LogP contribution is -2.28. The van der Waals surface area contributed by atoms with Gasteiger partial charge < -0.3 is 9.64 Å². The van der Waals surface area contributed by atoms with Crippen LogP contribution in [0.5, 0.6) is 0 Å². The van der Waals surface area contributed by atoms with E-state index in [1.165, 1.54) is 12.1 Å². The highest BCUT2D eigenvalue weighted by Crippen LogP contribution is 2.33. The predicted octanol–water partition coefficient (Wildman–Crippen LogP) is 2.30. The fourth-order valence-corrected chi connectivity index (χ4v) is 2.88. The number of nitrogens with zero attached hydrogens (tertiary/aromatic N) is 2. The molecule has 1 atom stereocenters. The maximum absolute atomic E-state index is 12.1. The van der Waals surface area contributed by atoms with Crippen molar-refractivity contribution in [1.82, 2.24) is 4.90 Å². The van der Waals surface area contributed by atoms with Gasteiger partial charge in [0.25, 0.3) is 5.69 Å². The van der Waals surface area contributed by atoms with Crippen LogP contribution in [-0.4, -0.2) is 34.3 Å². The van der Waals surface area contributed by atoms with E-state index in [0.717, 1.165) is 12.8 Å². The number of nitro benzene ring substituents is 1. The maximum atomic E-state index is 12.1. The molecule has 2 fully saturated rings. The van der Waals surface area contributed by atoms with E-state index in [2.05, 4.69) is 0 Å². The van der Waals surface area contributed by atoms with Crippen LogP contribution in [-0.2, 0) is 20.9 Å². The highest BCUT2D eigenvalue weighted by Gasteiger charge is 2.42. The van der Waals surface area contributed by atoms with Crippen LogP contribution < -0.4 is 0 Å². The lowest BCUT2D eigenvalue weighted by molar-refractivity contribution is -0.384. The molecule has 0 spiro atoms. The molecule has 1 amide bonds. The van der Waals surface area contributed by atoms with Gasteiger partial charge in [0, 0.05) is 25.1 Å². The molecule has 0 bridgehead atoms. The monoisotopic (exact) mass is 338 g/mol. The fourth-order valence-electron chi connectivity index (χ4n) is 2.69. The van der Waals surface area contributed by atoms with E-state index < -0.39 is 16.8 Å². The number of likely N-dealkylation sites (tertiary alicyclic amines) is 1. The zero-order valence-electron chi connectivity index (χ0n) is 12.2. The number of hydrogen-bond donors (Lipinski definition) is 0. The van der Waals surface area contributed by atoms with E-state index in [1.807, 2.05) is 0 Å². The van der Waals surface area contributed by atoms with Crippen molar-refractivity contribution in [2.45, 2.75) is 31.9 Å². The first-order valence-corrected chi connectivity index (χ1v) is 7.72. The first-order valence-electron chi connectivity index (χ1n) is 7.34. The zero-order valence-corrected chi connectivity index (χ0v) is 13.0. The Morgan fingerprint density at radius 3 is 2.83 bits per heavy atom. The van der Waals surface area contributed by atoms with E-state index in [9.17, 15) is 19.7 Å². The Balaban J connectivity index is 1.58. The molecule has 0 N–H and O–H groups in total.